The highest BCUT2D eigenvalue weighted by molar-refractivity contribution is 5.90. The van der Waals surface area contributed by atoms with Crippen molar-refractivity contribution in [3.8, 4) is 0 Å². The van der Waals surface area contributed by atoms with Crippen LogP contribution in [0.1, 0.15) is 10.5 Å². The van der Waals surface area contributed by atoms with Crippen LogP contribution in [0.5, 0.6) is 0 Å². The number of ether oxygens (including phenoxy) is 1. The van der Waals surface area contributed by atoms with Gasteiger partial charge in [0.1, 0.15) is 5.69 Å². The van der Waals surface area contributed by atoms with Gasteiger partial charge in [-0.15, -0.1) is 4.91 Å². The lowest BCUT2D eigenvalue weighted by Gasteiger charge is -2.19. The van der Waals surface area contributed by atoms with Crippen LogP contribution in [-0.4, -0.2) is 47.2 Å². The minimum Gasteiger partial charge on any atom is -0.378 e. The summed E-state index contributed by atoms with van der Waals surface area (Å²) in [4.78, 5) is 27.4. The molecular formula is C9H13N5O3. The number of carbonyl (C=O) groups is 1. The van der Waals surface area contributed by atoms with Gasteiger partial charge in [0.25, 0.3) is 5.91 Å². The standard InChI is InChI=1S/C5H5N3O.C4H8N2O2/c6-5(9)4-3-7-1-2-8-4;7-5-6-1-3-8-4-2-6/h1-3H,(H2,6,9);1-4H2. The van der Waals surface area contributed by atoms with Crippen molar-refractivity contribution in [1.82, 2.24) is 15.0 Å². The van der Waals surface area contributed by atoms with E-state index >= 15 is 0 Å². The molecule has 2 rings (SSSR count). The number of nitrogens with zero attached hydrogens (tertiary/aromatic N) is 4. The molecule has 1 fully saturated rings. The molecular weight excluding hydrogens is 226 g/mol. The Balaban J connectivity index is 0.000000171. The van der Waals surface area contributed by atoms with Gasteiger partial charge in [-0.2, -0.15) is 0 Å². The van der Waals surface area contributed by atoms with E-state index in [1.807, 2.05) is 0 Å². The van der Waals surface area contributed by atoms with Gasteiger partial charge in [-0.3, -0.25) is 14.8 Å². The number of nitrogens with two attached hydrogens (primary N) is 1. The van der Waals surface area contributed by atoms with Crippen molar-refractivity contribution in [1.29, 1.82) is 0 Å². The molecule has 0 atom stereocenters. The van der Waals surface area contributed by atoms with Crippen LogP contribution >= 0.6 is 0 Å². The first-order valence-electron chi connectivity index (χ1n) is 4.96. The van der Waals surface area contributed by atoms with Crippen LogP contribution in [0, 0.1) is 4.91 Å². The summed E-state index contributed by atoms with van der Waals surface area (Å²) in [6.07, 6.45) is 4.22. The number of nitroso groups, excluding NO2 is 1. The first-order valence-corrected chi connectivity index (χ1v) is 4.96. The van der Waals surface area contributed by atoms with Crippen molar-refractivity contribution in [2.45, 2.75) is 0 Å². The third-order valence-corrected chi connectivity index (χ3v) is 1.92. The molecule has 0 aliphatic carbocycles. The Bertz CT molecular complexity index is 353. The number of aromatic nitrogens is 2. The first-order chi connectivity index (χ1) is 8.24. The molecule has 0 radical (unpaired) electrons. The summed E-state index contributed by atoms with van der Waals surface area (Å²) in [6, 6.07) is 0. The van der Waals surface area contributed by atoms with Gasteiger partial charge in [-0.1, -0.05) is 0 Å². The molecule has 1 aromatic rings. The zero-order chi connectivity index (χ0) is 12.5. The van der Waals surface area contributed by atoms with Crippen molar-refractivity contribution in [2.24, 2.45) is 11.0 Å². The van der Waals surface area contributed by atoms with Crippen molar-refractivity contribution in [3.05, 3.63) is 29.2 Å². The number of hydrogen-bond acceptors (Lipinski definition) is 6. The second-order valence-corrected chi connectivity index (χ2v) is 3.10. The summed E-state index contributed by atoms with van der Waals surface area (Å²) in [5.74, 6) is -0.553. The van der Waals surface area contributed by atoms with Crippen molar-refractivity contribution >= 4 is 5.91 Å². The van der Waals surface area contributed by atoms with Gasteiger partial charge in [0.2, 0.25) is 0 Å². The van der Waals surface area contributed by atoms with Gasteiger partial charge < -0.3 is 10.5 Å². The summed E-state index contributed by atoms with van der Waals surface area (Å²) in [6.45, 7) is 2.55. The van der Waals surface area contributed by atoms with Gasteiger partial charge in [0.05, 0.1) is 37.8 Å². The Morgan fingerprint density at radius 2 is 2.12 bits per heavy atom. The summed E-state index contributed by atoms with van der Waals surface area (Å²) in [5, 5.41) is 4.21. The maximum atomic E-state index is 10.3. The molecule has 8 heteroatoms. The largest absolute Gasteiger partial charge is 0.378 e. The van der Waals surface area contributed by atoms with Crippen LogP contribution in [0.2, 0.25) is 0 Å². The molecule has 1 aromatic heterocycles. The molecule has 0 unspecified atom stereocenters. The fourth-order valence-electron chi connectivity index (χ4n) is 1.06. The summed E-state index contributed by atoms with van der Waals surface area (Å²) in [5.41, 5.74) is 5.06. The Kier molecular flexibility index (Phi) is 5.52. The van der Waals surface area contributed by atoms with Gasteiger partial charge in [-0.25, -0.2) is 4.98 Å². The highest BCUT2D eigenvalue weighted by Crippen LogP contribution is 1.94. The molecule has 2 N–H and O–H groups in total. The van der Waals surface area contributed by atoms with E-state index in [0.29, 0.717) is 26.3 Å². The Labute approximate surface area is 97.7 Å². The van der Waals surface area contributed by atoms with Crippen molar-refractivity contribution < 1.29 is 9.53 Å². The van der Waals surface area contributed by atoms with E-state index in [-0.39, 0.29) is 5.69 Å². The first kappa shape index (κ1) is 13.0. The van der Waals surface area contributed by atoms with E-state index in [9.17, 15) is 9.70 Å². The number of morpholine rings is 1. The minimum atomic E-state index is -0.553. The molecule has 1 aliphatic heterocycles. The van der Waals surface area contributed by atoms with Crippen LogP contribution in [-0.2, 0) is 4.74 Å². The second kappa shape index (κ2) is 7.23. The number of amides is 1. The maximum absolute atomic E-state index is 10.3. The van der Waals surface area contributed by atoms with Crippen LogP contribution in [0.25, 0.3) is 0 Å². The fourth-order valence-corrected chi connectivity index (χ4v) is 1.06. The van der Waals surface area contributed by atoms with Gasteiger partial charge >= 0.3 is 0 Å². The third-order valence-electron chi connectivity index (χ3n) is 1.92. The summed E-state index contributed by atoms with van der Waals surface area (Å²) in [7, 11) is 0. The average molecular weight is 239 g/mol. The molecule has 0 spiro atoms. The number of hydrogen-bond donors (Lipinski definition) is 1. The molecule has 92 valence electrons. The van der Waals surface area contributed by atoms with Crippen LogP contribution < -0.4 is 5.73 Å². The highest BCUT2D eigenvalue weighted by atomic mass is 16.5. The number of carbonyl (C=O) groups excluding carboxylic acids is 1. The quantitative estimate of drug-likeness (QED) is 0.701. The fraction of sp³-hybridized carbons (Fsp3) is 0.444. The monoisotopic (exact) mass is 239 g/mol. The zero-order valence-corrected chi connectivity index (χ0v) is 9.15. The molecule has 0 bridgehead atoms. The smallest absolute Gasteiger partial charge is 0.268 e. The Morgan fingerprint density at radius 3 is 2.47 bits per heavy atom. The molecule has 0 saturated carbocycles. The van der Waals surface area contributed by atoms with Gasteiger partial charge in [0, 0.05) is 12.4 Å². The van der Waals surface area contributed by atoms with Crippen LogP contribution in [0.15, 0.2) is 23.9 Å². The maximum Gasteiger partial charge on any atom is 0.268 e. The average Bonchev–Trinajstić information content (AvgIpc) is 2.41. The predicted molar refractivity (Wildman–Crippen MR) is 58.7 cm³/mol. The Morgan fingerprint density at radius 1 is 1.41 bits per heavy atom. The van der Waals surface area contributed by atoms with E-state index in [4.69, 9.17) is 10.5 Å². The van der Waals surface area contributed by atoms with E-state index in [2.05, 4.69) is 15.3 Å². The van der Waals surface area contributed by atoms with Crippen LogP contribution in [0.3, 0.4) is 0 Å². The highest BCUT2D eigenvalue weighted by Gasteiger charge is 2.06. The topological polar surface area (TPSA) is 111 Å². The molecule has 2 heterocycles. The molecule has 1 saturated heterocycles. The second-order valence-electron chi connectivity index (χ2n) is 3.10. The zero-order valence-electron chi connectivity index (χ0n) is 9.15. The number of primary amides is 1. The molecule has 0 aromatic carbocycles. The Hall–Kier alpha value is -2.09. The minimum absolute atomic E-state index is 0.192. The SMILES string of the molecule is NC(=O)c1cnccn1.O=NN1CCOCC1. The molecule has 1 amide bonds. The summed E-state index contributed by atoms with van der Waals surface area (Å²) >= 11 is 0. The van der Waals surface area contributed by atoms with Crippen LogP contribution in [0.4, 0.5) is 0 Å². The van der Waals surface area contributed by atoms with Gasteiger partial charge in [-0.05, 0) is 0 Å². The van der Waals surface area contributed by atoms with Gasteiger partial charge in [0.15, 0.2) is 0 Å². The predicted octanol–water partition coefficient (Wildman–Crippen LogP) is -0.424. The number of rotatable bonds is 2. The molecule has 17 heavy (non-hydrogen) atoms. The molecule has 1 aliphatic rings. The van der Waals surface area contributed by atoms with E-state index in [1.54, 1.807) is 0 Å². The lowest BCUT2D eigenvalue weighted by atomic mass is 10.4. The van der Waals surface area contributed by atoms with Crippen molar-refractivity contribution in [2.75, 3.05) is 26.3 Å². The van der Waals surface area contributed by atoms with E-state index in [1.165, 1.54) is 23.6 Å². The van der Waals surface area contributed by atoms with E-state index < -0.39 is 5.91 Å². The summed E-state index contributed by atoms with van der Waals surface area (Å²) < 4.78 is 4.96. The van der Waals surface area contributed by atoms with Crippen molar-refractivity contribution in [3.63, 3.8) is 0 Å². The molecule has 8 nitrogen and oxygen atoms in total. The van der Waals surface area contributed by atoms with E-state index in [0.717, 1.165) is 0 Å². The normalized spacial score (nSPS) is 14.5. The lowest BCUT2D eigenvalue weighted by Crippen LogP contribution is -2.31. The lowest BCUT2D eigenvalue weighted by molar-refractivity contribution is 0.0383. The third kappa shape index (κ3) is 4.98.